The highest BCUT2D eigenvalue weighted by Crippen LogP contribution is 2.28. The summed E-state index contributed by atoms with van der Waals surface area (Å²) in [5.41, 5.74) is 0.658. The molecule has 1 aliphatic rings. The highest BCUT2D eigenvalue weighted by atomic mass is 19.1. The summed E-state index contributed by atoms with van der Waals surface area (Å²) in [6.07, 6.45) is 1.64. The summed E-state index contributed by atoms with van der Waals surface area (Å²) in [4.78, 5) is 16.6. The van der Waals surface area contributed by atoms with E-state index in [2.05, 4.69) is 15.5 Å². The summed E-state index contributed by atoms with van der Waals surface area (Å²) in [7, 11) is 0. The number of amides is 1. The molecule has 2 aromatic heterocycles. The van der Waals surface area contributed by atoms with Gasteiger partial charge in [0.05, 0.1) is 6.54 Å². The maximum absolute atomic E-state index is 13.8. The Hall–Kier alpha value is -2.74. The van der Waals surface area contributed by atoms with Gasteiger partial charge in [-0.3, -0.25) is 4.79 Å². The van der Waals surface area contributed by atoms with Crippen molar-refractivity contribution in [3.8, 4) is 0 Å². The van der Waals surface area contributed by atoms with Gasteiger partial charge in [0.2, 0.25) is 0 Å². The topological polar surface area (TPSA) is 90.4 Å². The van der Waals surface area contributed by atoms with Gasteiger partial charge >= 0.3 is 0 Å². The highest BCUT2D eigenvalue weighted by Gasteiger charge is 2.24. The maximum atomic E-state index is 13.8. The number of benzene rings is 1. The molecule has 7 nitrogen and oxygen atoms in total. The molecule has 1 amide bonds. The van der Waals surface area contributed by atoms with Crippen molar-refractivity contribution in [2.75, 3.05) is 6.61 Å². The molecule has 1 aromatic carbocycles. The molecule has 25 heavy (non-hydrogen) atoms. The number of fused-ring (bicyclic) bond motifs is 1. The van der Waals surface area contributed by atoms with Crippen molar-refractivity contribution in [2.45, 2.75) is 32.4 Å². The zero-order chi connectivity index (χ0) is 17.4. The van der Waals surface area contributed by atoms with E-state index in [1.807, 2.05) is 0 Å². The predicted molar refractivity (Wildman–Crippen MR) is 84.3 cm³/mol. The summed E-state index contributed by atoms with van der Waals surface area (Å²) in [5, 5.41) is 7.07. The van der Waals surface area contributed by atoms with Gasteiger partial charge in [0.15, 0.2) is 23.0 Å². The van der Waals surface area contributed by atoms with E-state index in [1.165, 1.54) is 6.07 Å². The fourth-order valence-corrected chi connectivity index (χ4v) is 2.91. The predicted octanol–water partition coefficient (Wildman–Crippen LogP) is 3.04. The molecule has 1 atom stereocenters. The van der Waals surface area contributed by atoms with Crippen LogP contribution in [0.3, 0.4) is 0 Å². The van der Waals surface area contributed by atoms with Crippen molar-refractivity contribution >= 4 is 16.9 Å². The maximum Gasteiger partial charge on any atom is 0.287 e. The summed E-state index contributed by atoms with van der Waals surface area (Å²) < 4.78 is 29.8. The van der Waals surface area contributed by atoms with E-state index in [0.717, 1.165) is 12.8 Å². The summed E-state index contributed by atoms with van der Waals surface area (Å²) in [5.74, 6) is -0.124. The van der Waals surface area contributed by atoms with Crippen molar-refractivity contribution in [1.82, 2.24) is 15.5 Å². The number of para-hydroxylation sites is 1. The van der Waals surface area contributed by atoms with E-state index >= 15 is 0 Å². The minimum Gasteiger partial charge on any atom is -0.448 e. The van der Waals surface area contributed by atoms with Gasteiger partial charge in [0, 0.05) is 17.6 Å². The smallest absolute Gasteiger partial charge is 0.287 e. The highest BCUT2D eigenvalue weighted by molar-refractivity contribution is 5.98. The molecule has 0 saturated carbocycles. The van der Waals surface area contributed by atoms with Crippen molar-refractivity contribution in [3.05, 3.63) is 47.1 Å². The van der Waals surface area contributed by atoms with Crippen LogP contribution in [-0.2, 0) is 11.3 Å². The SMILES string of the molecule is Cc1c(C(=O)NCc2noc(C3CCCO3)n2)oc2c(F)cccc12. The third-order valence-electron chi connectivity index (χ3n) is 4.22. The lowest BCUT2D eigenvalue weighted by atomic mass is 10.1. The number of furan rings is 1. The number of aryl methyl sites for hydroxylation is 1. The summed E-state index contributed by atoms with van der Waals surface area (Å²) in [6.45, 7) is 2.47. The summed E-state index contributed by atoms with van der Waals surface area (Å²) in [6, 6.07) is 4.58. The van der Waals surface area contributed by atoms with Crippen molar-refractivity contribution < 1.29 is 22.9 Å². The van der Waals surface area contributed by atoms with Crippen LogP contribution in [0, 0.1) is 12.7 Å². The molecule has 8 heteroatoms. The Balaban J connectivity index is 1.47. The Kier molecular flexibility index (Phi) is 3.96. The number of hydrogen-bond acceptors (Lipinski definition) is 6. The van der Waals surface area contributed by atoms with E-state index < -0.39 is 11.7 Å². The molecule has 3 heterocycles. The van der Waals surface area contributed by atoms with E-state index in [9.17, 15) is 9.18 Å². The molecular formula is C17H16FN3O4. The number of nitrogens with zero attached hydrogens (tertiary/aromatic N) is 2. The number of rotatable bonds is 4. The van der Waals surface area contributed by atoms with E-state index in [-0.39, 0.29) is 24.0 Å². The van der Waals surface area contributed by atoms with Crippen LogP contribution in [0.5, 0.6) is 0 Å². The third-order valence-corrected chi connectivity index (χ3v) is 4.22. The molecule has 0 spiro atoms. The van der Waals surface area contributed by atoms with Gasteiger partial charge in [-0.2, -0.15) is 4.98 Å². The first-order valence-electron chi connectivity index (χ1n) is 8.03. The molecule has 0 radical (unpaired) electrons. The third kappa shape index (κ3) is 2.89. The molecule has 1 unspecified atom stereocenters. The van der Waals surface area contributed by atoms with Crippen LogP contribution in [0.2, 0.25) is 0 Å². The molecule has 1 aliphatic heterocycles. The first kappa shape index (κ1) is 15.8. The number of nitrogens with one attached hydrogen (secondary N) is 1. The van der Waals surface area contributed by atoms with Crippen LogP contribution in [0.4, 0.5) is 4.39 Å². The molecule has 1 saturated heterocycles. The lowest BCUT2D eigenvalue weighted by molar-refractivity contribution is 0.0835. The molecule has 0 aliphatic carbocycles. The molecular weight excluding hydrogens is 329 g/mol. The average molecular weight is 345 g/mol. The fraction of sp³-hybridized carbons (Fsp3) is 0.353. The second-order valence-electron chi connectivity index (χ2n) is 5.91. The Bertz CT molecular complexity index is 927. The normalized spacial score (nSPS) is 17.3. The van der Waals surface area contributed by atoms with Crippen LogP contribution in [0.1, 0.15) is 46.8 Å². The van der Waals surface area contributed by atoms with E-state index in [0.29, 0.717) is 29.3 Å². The van der Waals surface area contributed by atoms with Crippen LogP contribution >= 0.6 is 0 Å². The minimum atomic E-state index is -0.501. The van der Waals surface area contributed by atoms with Crippen LogP contribution in [0.25, 0.3) is 11.0 Å². The molecule has 1 N–H and O–H groups in total. The monoisotopic (exact) mass is 345 g/mol. The summed E-state index contributed by atoms with van der Waals surface area (Å²) >= 11 is 0. The number of hydrogen-bond donors (Lipinski definition) is 1. The van der Waals surface area contributed by atoms with Gasteiger partial charge in [0.1, 0.15) is 6.10 Å². The van der Waals surface area contributed by atoms with Gasteiger partial charge in [0.25, 0.3) is 11.8 Å². The number of halogens is 1. The Labute approximate surface area is 142 Å². The number of aromatic nitrogens is 2. The number of carbonyl (C=O) groups excluding carboxylic acids is 1. The number of carbonyl (C=O) groups is 1. The molecule has 0 bridgehead atoms. The zero-order valence-corrected chi connectivity index (χ0v) is 13.5. The van der Waals surface area contributed by atoms with Gasteiger partial charge in [-0.1, -0.05) is 17.3 Å². The first-order valence-corrected chi connectivity index (χ1v) is 8.03. The average Bonchev–Trinajstić information content (AvgIpc) is 3.33. The van der Waals surface area contributed by atoms with Crippen LogP contribution in [0.15, 0.2) is 27.1 Å². The fourth-order valence-electron chi connectivity index (χ4n) is 2.91. The van der Waals surface area contributed by atoms with Gasteiger partial charge in [-0.15, -0.1) is 0 Å². The standard InChI is InChI=1S/C17H16FN3O4/c1-9-10-4-2-5-11(18)15(10)24-14(9)16(22)19-8-13-20-17(25-21-13)12-6-3-7-23-12/h2,4-5,12H,3,6-8H2,1H3,(H,19,22). The Morgan fingerprint density at radius 1 is 1.44 bits per heavy atom. The Morgan fingerprint density at radius 3 is 3.08 bits per heavy atom. The van der Waals surface area contributed by atoms with Gasteiger partial charge < -0.3 is 19.0 Å². The second-order valence-corrected chi connectivity index (χ2v) is 5.91. The molecule has 4 rings (SSSR count). The second kappa shape index (κ2) is 6.29. The quantitative estimate of drug-likeness (QED) is 0.781. The molecule has 3 aromatic rings. The van der Waals surface area contributed by atoms with Gasteiger partial charge in [-0.25, -0.2) is 4.39 Å². The lowest BCUT2D eigenvalue weighted by Gasteiger charge is -2.01. The molecule has 130 valence electrons. The first-order chi connectivity index (χ1) is 12.1. The lowest BCUT2D eigenvalue weighted by Crippen LogP contribution is -2.23. The van der Waals surface area contributed by atoms with E-state index in [1.54, 1.807) is 19.1 Å². The van der Waals surface area contributed by atoms with Gasteiger partial charge in [-0.05, 0) is 25.8 Å². The van der Waals surface area contributed by atoms with Crippen molar-refractivity contribution in [1.29, 1.82) is 0 Å². The Morgan fingerprint density at radius 2 is 2.32 bits per heavy atom. The van der Waals surface area contributed by atoms with Crippen LogP contribution < -0.4 is 5.32 Å². The van der Waals surface area contributed by atoms with Crippen molar-refractivity contribution in [3.63, 3.8) is 0 Å². The van der Waals surface area contributed by atoms with E-state index in [4.69, 9.17) is 13.7 Å². The zero-order valence-electron chi connectivity index (χ0n) is 13.5. The van der Waals surface area contributed by atoms with Crippen LogP contribution in [-0.4, -0.2) is 22.7 Å². The molecule has 1 fully saturated rings. The number of ether oxygens (including phenoxy) is 1. The van der Waals surface area contributed by atoms with Crippen molar-refractivity contribution in [2.24, 2.45) is 0 Å². The largest absolute Gasteiger partial charge is 0.448 e. The minimum absolute atomic E-state index is 0.0722.